The Morgan fingerprint density at radius 1 is 1.53 bits per heavy atom. The van der Waals surface area contributed by atoms with E-state index >= 15 is 0 Å². The van der Waals surface area contributed by atoms with E-state index in [4.69, 9.17) is 20.4 Å². The van der Waals surface area contributed by atoms with Crippen molar-refractivity contribution in [2.45, 2.75) is 17.8 Å². The Hall–Kier alpha value is -1.51. The number of aliphatic carboxylic acids is 1. The van der Waals surface area contributed by atoms with Crippen LogP contribution in [0.2, 0.25) is 0 Å². The van der Waals surface area contributed by atoms with E-state index in [0.717, 1.165) is 0 Å². The lowest BCUT2D eigenvalue weighted by atomic mass is 9.91. The van der Waals surface area contributed by atoms with Gasteiger partial charge in [-0.15, -0.1) is 0 Å². The first-order valence-corrected chi connectivity index (χ1v) is 3.85. The van der Waals surface area contributed by atoms with E-state index in [1.165, 1.54) is 0 Å². The Balaban J connectivity index is 3.20. The Morgan fingerprint density at radius 2 is 2.07 bits per heavy atom. The molecule has 1 aliphatic rings. The van der Waals surface area contributed by atoms with Crippen molar-refractivity contribution in [3.8, 4) is 0 Å². The van der Waals surface area contributed by atoms with Gasteiger partial charge in [0.15, 0.2) is 0 Å². The van der Waals surface area contributed by atoms with Crippen molar-refractivity contribution in [1.82, 2.24) is 0 Å². The molecule has 0 aromatic heterocycles. The van der Waals surface area contributed by atoms with Gasteiger partial charge in [-0.2, -0.15) is 0 Å². The number of hydrogen-bond donors (Lipinski definition) is 4. The van der Waals surface area contributed by atoms with Crippen LogP contribution in [0.1, 0.15) is 0 Å². The molecule has 3 atom stereocenters. The van der Waals surface area contributed by atoms with Crippen molar-refractivity contribution in [2.75, 3.05) is 6.61 Å². The summed E-state index contributed by atoms with van der Waals surface area (Å²) in [4.78, 5) is 32.8. The maximum absolute atomic E-state index is 11.2. The molecule has 8 heteroatoms. The summed E-state index contributed by atoms with van der Waals surface area (Å²) in [6.45, 7) is -1.10. The van der Waals surface area contributed by atoms with Crippen molar-refractivity contribution in [2.24, 2.45) is 0 Å². The molecule has 1 fully saturated rings. The van der Waals surface area contributed by atoms with Crippen LogP contribution in [0.15, 0.2) is 0 Å². The minimum absolute atomic E-state index is 1.10. The highest BCUT2D eigenvalue weighted by Crippen LogP contribution is 2.27. The van der Waals surface area contributed by atoms with Gasteiger partial charge in [-0.25, -0.2) is 9.59 Å². The molecule has 0 amide bonds. The van der Waals surface area contributed by atoms with Crippen LogP contribution in [0, 0.1) is 0 Å². The minimum atomic E-state index is -2.91. The average molecular weight is 220 g/mol. The number of rotatable bonds is 3. The topological polar surface area (TPSA) is 141 Å². The fourth-order valence-corrected chi connectivity index (χ4v) is 1.23. The van der Waals surface area contributed by atoms with Crippen molar-refractivity contribution in [1.29, 1.82) is 0 Å². The van der Waals surface area contributed by atoms with Gasteiger partial charge in [0.2, 0.25) is 11.9 Å². The van der Waals surface area contributed by atoms with Crippen LogP contribution in [-0.2, 0) is 19.1 Å². The number of hydrogen-bond acceptors (Lipinski definition) is 7. The Bertz CT molecular complexity index is 323. The molecule has 0 radical (unpaired) electrons. The van der Waals surface area contributed by atoms with Gasteiger partial charge in [-0.1, -0.05) is 0 Å². The van der Waals surface area contributed by atoms with Gasteiger partial charge in [-0.3, -0.25) is 4.79 Å². The molecule has 1 saturated heterocycles. The van der Waals surface area contributed by atoms with Gasteiger partial charge < -0.3 is 25.2 Å². The molecule has 15 heavy (non-hydrogen) atoms. The molecular formula is C7H8O8. The number of Topliss-reactive ketones (excluding diaryl/α,β-unsaturated/α-hetero) is 1. The zero-order valence-corrected chi connectivity index (χ0v) is 7.28. The van der Waals surface area contributed by atoms with E-state index < -0.39 is 42.1 Å². The van der Waals surface area contributed by atoms with E-state index in [0.29, 0.717) is 0 Å². The maximum Gasteiger partial charge on any atom is 0.359 e. The summed E-state index contributed by atoms with van der Waals surface area (Å²) in [5.41, 5.74) is -2.91. The van der Waals surface area contributed by atoms with Crippen molar-refractivity contribution in [3.63, 3.8) is 0 Å². The summed E-state index contributed by atoms with van der Waals surface area (Å²) in [7, 11) is 0. The molecule has 0 aromatic rings. The van der Waals surface area contributed by atoms with Crippen LogP contribution in [0.4, 0.5) is 0 Å². The first-order valence-electron chi connectivity index (χ1n) is 3.85. The van der Waals surface area contributed by atoms with Crippen LogP contribution in [-0.4, -0.2) is 62.6 Å². The van der Waals surface area contributed by atoms with Gasteiger partial charge in [0.05, 0.1) is 6.61 Å². The monoisotopic (exact) mass is 220 g/mol. The van der Waals surface area contributed by atoms with Gasteiger partial charge in [0, 0.05) is 0 Å². The number of aliphatic hydroxyl groups is 3. The second-order valence-electron chi connectivity index (χ2n) is 2.93. The normalized spacial score (nSPS) is 32.6. The van der Waals surface area contributed by atoms with Crippen molar-refractivity contribution >= 4 is 17.7 Å². The fourth-order valence-electron chi connectivity index (χ4n) is 1.23. The molecule has 0 spiro atoms. The molecule has 84 valence electrons. The number of cyclic esters (lactones) is 1. The van der Waals surface area contributed by atoms with E-state index in [1.54, 1.807) is 0 Å². The third kappa shape index (κ3) is 1.39. The predicted octanol–water partition coefficient (Wildman–Crippen LogP) is -3.35. The summed E-state index contributed by atoms with van der Waals surface area (Å²) < 4.78 is 4.14. The number of carboxylic acid groups (broad SMARTS) is 1. The Kier molecular flexibility index (Phi) is 2.75. The summed E-state index contributed by atoms with van der Waals surface area (Å²) >= 11 is 0. The lowest BCUT2D eigenvalue weighted by Crippen LogP contribution is -2.57. The SMILES string of the molecule is O=C1O[C@](C(=O)O)([C@@H](O)CO)C(=O)C1O. The predicted molar refractivity (Wildman–Crippen MR) is 40.6 cm³/mol. The van der Waals surface area contributed by atoms with Crippen LogP contribution in [0.25, 0.3) is 0 Å². The quantitative estimate of drug-likeness (QED) is 0.285. The molecule has 1 aliphatic heterocycles. The average Bonchev–Trinajstić information content (AvgIpc) is 2.42. The fraction of sp³-hybridized carbons (Fsp3) is 0.571. The number of esters is 1. The van der Waals surface area contributed by atoms with Crippen LogP contribution in [0.3, 0.4) is 0 Å². The van der Waals surface area contributed by atoms with Crippen LogP contribution in [0.5, 0.6) is 0 Å². The van der Waals surface area contributed by atoms with Crippen LogP contribution >= 0.6 is 0 Å². The standard InChI is InChI=1S/C7H8O8/c8-1-2(9)7(6(13)14)4(11)3(10)5(12)15-7/h2-3,8-10H,1H2,(H,13,14)/t2-,3?,7+/m0/s1. The third-order valence-electron chi connectivity index (χ3n) is 2.06. The number of aliphatic hydroxyl groups excluding tert-OH is 3. The van der Waals surface area contributed by atoms with Gasteiger partial charge in [0.1, 0.15) is 6.10 Å². The highest BCUT2D eigenvalue weighted by molar-refractivity contribution is 6.21. The van der Waals surface area contributed by atoms with E-state index in [9.17, 15) is 14.4 Å². The summed E-state index contributed by atoms with van der Waals surface area (Å²) in [5, 5.41) is 35.3. The largest absolute Gasteiger partial charge is 0.478 e. The second kappa shape index (κ2) is 3.57. The molecular weight excluding hydrogens is 212 g/mol. The van der Waals surface area contributed by atoms with Gasteiger partial charge in [-0.05, 0) is 0 Å². The number of ketones is 1. The molecule has 0 aromatic carbocycles. The first kappa shape index (κ1) is 11.6. The van der Waals surface area contributed by atoms with Gasteiger partial charge >= 0.3 is 11.9 Å². The van der Waals surface area contributed by atoms with E-state index in [-0.39, 0.29) is 0 Å². The molecule has 8 nitrogen and oxygen atoms in total. The molecule has 0 saturated carbocycles. The van der Waals surface area contributed by atoms with E-state index in [1.807, 2.05) is 0 Å². The zero-order chi connectivity index (χ0) is 11.8. The third-order valence-corrected chi connectivity index (χ3v) is 2.06. The lowest BCUT2D eigenvalue weighted by Gasteiger charge is -2.24. The molecule has 4 N–H and O–H groups in total. The summed E-state index contributed by atoms with van der Waals surface area (Å²) in [5.74, 6) is -4.91. The molecule has 1 unspecified atom stereocenters. The number of carbonyl (C=O) groups excluding carboxylic acids is 2. The Morgan fingerprint density at radius 3 is 2.33 bits per heavy atom. The van der Waals surface area contributed by atoms with Gasteiger partial charge in [0.25, 0.3) is 5.60 Å². The number of ether oxygens (including phenoxy) is 1. The summed E-state index contributed by atoms with van der Waals surface area (Å²) in [6, 6.07) is 0. The highest BCUT2D eigenvalue weighted by Gasteiger charge is 2.64. The van der Waals surface area contributed by atoms with E-state index in [2.05, 4.69) is 4.74 Å². The second-order valence-corrected chi connectivity index (χ2v) is 2.93. The minimum Gasteiger partial charge on any atom is -0.478 e. The number of carbonyl (C=O) groups is 3. The molecule has 1 rings (SSSR count). The first-order chi connectivity index (χ1) is 6.87. The molecule has 0 bridgehead atoms. The smallest absolute Gasteiger partial charge is 0.359 e. The Labute approximate surface area is 82.7 Å². The van der Waals surface area contributed by atoms with Crippen LogP contribution < -0.4 is 0 Å². The molecule has 1 heterocycles. The van der Waals surface area contributed by atoms with Crippen molar-refractivity contribution < 1.29 is 39.5 Å². The summed E-state index contributed by atoms with van der Waals surface area (Å²) in [6.07, 6.45) is -4.37. The molecule has 0 aliphatic carbocycles. The maximum atomic E-state index is 11.2. The number of carboxylic acids is 1. The zero-order valence-electron chi connectivity index (χ0n) is 7.28. The van der Waals surface area contributed by atoms with Crippen molar-refractivity contribution in [3.05, 3.63) is 0 Å². The highest BCUT2D eigenvalue weighted by atomic mass is 16.6. The lowest BCUT2D eigenvalue weighted by molar-refractivity contribution is -0.186.